The van der Waals surface area contributed by atoms with Crippen LogP contribution in [-0.2, 0) is 0 Å². The van der Waals surface area contributed by atoms with E-state index in [1.807, 2.05) is 61.5 Å². The summed E-state index contributed by atoms with van der Waals surface area (Å²) in [6.07, 6.45) is 5.30. The minimum Gasteiger partial charge on any atom is -0.494 e. The van der Waals surface area contributed by atoms with E-state index in [4.69, 9.17) is 4.74 Å². The van der Waals surface area contributed by atoms with Crippen LogP contribution in [0, 0.1) is 6.92 Å². The van der Waals surface area contributed by atoms with Gasteiger partial charge < -0.3 is 4.74 Å². The second-order valence-electron chi connectivity index (χ2n) is 7.04. The Labute approximate surface area is 173 Å². The normalized spacial score (nSPS) is 12.0. The van der Waals surface area contributed by atoms with Gasteiger partial charge in [0.05, 0.1) is 11.1 Å². The number of aromatic nitrogens is 3. The number of benzene rings is 2. The quantitative estimate of drug-likeness (QED) is 0.432. The van der Waals surface area contributed by atoms with Gasteiger partial charge >= 0.3 is 0 Å². The highest BCUT2D eigenvalue weighted by Gasteiger charge is 2.11. The molecule has 0 spiro atoms. The summed E-state index contributed by atoms with van der Waals surface area (Å²) >= 11 is 1.35. The van der Waals surface area contributed by atoms with E-state index >= 15 is 0 Å². The standard InChI is InChI=1S/C23H23N3O2S/c1-3-4-5-14-28-19-12-8-17(9-13-19)15-20-22(27)26-23(29-20)24-21(25-26)18-10-6-16(2)7-11-18/h6-13,15H,3-5,14H2,1-2H3/b20-15-. The van der Waals surface area contributed by atoms with Crippen LogP contribution in [0.5, 0.6) is 5.75 Å². The van der Waals surface area contributed by atoms with Crippen molar-refractivity contribution in [3.63, 3.8) is 0 Å². The van der Waals surface area contributed by atoms with E-state index in [-0.39, 0.29) is 5.56 Å². The summed E-state index contributed by atoms with van der Waals surface area (Å²) in [5.41, 5.74) is 2.89. The molecule has 2 heterocycles. The Morgan fingerprint density at radius 1 is 1.07 bits per heavy atom. The van der Waals surface area contributed by atoms with Crippen molar-refractivity contribution in [3.8, 4) is 17.1 Å². The highest BCUT2D eigenvalue weighted by molar-refractivity contribution is 7.15. The van der Waals surface area contributed by atoms with Crippen LogP contribution in [0.1, 0.15) is 37.3 Å². The Kier molecular flexibility index (Phi) is 5.71. The summed E-state index contributed by atoms with van der Waals surface area (Å²) in [6, 6.07) is 15.8. The van der Waals surface area contributed by atoms with Crippen molar-refractivity contribution in [1.82, 2.24) is 14.6 Å². The summed E-state index contributed by atoms with van der Waals surface area (Å²) in [5.74, 6) is 1.43. The van der Waals surface area contributed by atoms with Gasteiger partial charge in [-0.1, -0.05) is 73.1 Å². The largest absolute Gasteiger partial charge is 0.494 e. The van der Waals surface area contributed by atoms with Gasteiger partial charge in [0.25, 0.3) is 5.56 Å². The van der Waals surface area contributed by atoms with Crippen LogP contribution in [0.25, 0.3) is 22.4 Å². The molecular weight excluding hydrogens is 382 g/mol. The molecule has 5 nitrogen and oxygen atoms in total. The lowest BCUT2D eigenvalue weighted by Crippen LogP contribution is -2.23. The summed E-state index contributed by atoms with van der Waals surface area (Å²) in [7, 11) is 0. The third kappa shape index (κ3) is 4.38. The fourth-order valence-electron chi connectivity index (χ4n) is 3.01. The van der Waals surface area contributed by atoms with Gasteiger partial charge in [-0.3, -0.25) is 4.79 Å². The highest BCUT2D eigenvalue weighted by atomic mass is 32.1. The molecule has 29 heavy (non-hydrogen) atoms. The van der Waals surface area contributed by atoms with Crippen LogP contribution in [0.2, 0.25) is 0 Å². The van der Waals surface area contributed by atoms with Gasteiger partial charge in [-0.25, -0.2) is 0 Å². The van der Waals surface area contributed by atoms with Crippen LogP contribution in [0.3, 0.4) is 0 Å². The molecule has 4 rings (SSSR count). The average Bonchev–Trinajstić information content (AvgIpc) is 3.27. The number of fused-ring (bicyclic) bond motifs is 1. The fraction of sp³-hybridized carbons (Fsp3) is 0.261. The lowest BCUT2D eigenvalue weighted by Gasteiger charge is -2.05. The van der Waals surface area contributed by atoms with Crippen molar-refractivity contribution in [1.29, 1.82) is 0 Å². The average molecular weight is 406 g/mol. The van der Waals surface area contributed by atoms with Crippen molar-refractivity contribution in [3.05, 3.63) is 74.5 Å². The number of rotatable bonds is 7. The summed E-state index contributed by atoms with van der Waals surface area (Å²) in [6.45, 7) is 4.94. The minimum absolute atomic E-state index is 0.143. The molecule has 0 N–H and O–H groups in total. The molecule has 148 valence electrons. The number of thiazole rings is 1. The summed E-state index contributed by atoms with van der Waals surface area (Å²) in [4.78, 5) is 17.8. The highest BCUT2D eigenvalue weighted by Crippen LogP contribution is 2.17. The van der Waals surface area contributed by atoms with Crippen LogP contribution in [0.4, 0.5) is 0 Å². The van der Waals surface area contributed by atoms with Gasteiger partial charge in [0, 0.05) is 5.56 Å². The van der Waals surface area contributed by atoms with Crippen molar-refractivity contribution < 1.29 is 4.74 Å². The van der Waals surface area contributed by atoms with E-state index in [9.17, 15) is 4.79 Å². The number of ether oxygens (including phenoxy) is 1. The van der Waals surface area contributed by atoms with E-state index in [1.165, 1.54) is 34.3 Å². The van der Waals surface area contributed by atoms with E-state index in [1.54, 1.807) is 0 Å². The second-order valence-corrected chi connectivity index (χ2v) is 8.05. The molecule has 6 heteroatoms. The lowest BCUT2D eigenvalue weighted by molar-refractivity contribution is 0.306. The predicted octanol–water partition coefficient (Wildman–Crippen LogP) is 4.24. The van der Waals surface area contributed by atoms with Crippen LogP contribution in [-0.4, -0.2) is 21.2 Å². The molecule has 0 saturated carbocycles. The van der Waals surface area contributed by atoms with E-state index in [0.29, 0.717) is 15.3 Å². The Balaban J connectivity index is 1.55. The number of nitrogens with zero attached hydrogens (tertiary/aromatic N) is 3. The van der Waals surface area contributed by atoms with Crippen molar-refractivity contribution in [2.24, 2.45) is 0 Å². The van der Waals surface area contributed by atoms with Gasteiger partial charge in [-0.05, 0) is 37.1 Å². The van der Waals surface area contributed by atoms with Crippen molar-refractivity contribution in [2.45, 2.75) is 33.1 Å². The maximum absolute atomic E-state index is 12.7. The molecule has 0 aliphatic rings. The molecule has 0 atom stereocenters. The molecule has 2 aromatic carbocycles. The first kappa shape index (κ1) is 19.3. The van der Waals surface area contributed by atoms with Crippen molar-refractivity contribution >= 4 is 22.4 Å². The van der Waals surface area contributed by atoms with Gasteiger partial charge in [-0.15, -0.1) is 5.10 Å². The SMILES string of the molecule is CCCCCOc1ccc(/C=c2\sc3nc(-c4ccc(C)cc4)nn3c2=O)cc1. The van der Waals surface area contributed by atoms with Gasteiger partial charge in [-0.2, -0.15) is 9.50 Å². The van der Waals surface area contributed by atoms with Gasteiger partial charge in [0.2, 0.25) is 4.96 Å². The van der Waals surface area contributed by atoms with Crippen LogP contribution in [0.15, 0.2) is 53.3 Å². The molecule has 0 amide bonds. The number of aryl methyl sites for hydroxylation is 1. The molecule has 0 unspecified atom stereocenters. The number of unbranched alkanes of at least 4 members (excludes halogenated alkanes) is 2. The third-order valence-corrected chi connectivity index (χ3v) is 5.65. The zero-order valence-corrected chi connectivity index (χ0v) is 17.4. The number of hydrogen-bond donors (Lipinski definition) is 0. The molecular formula is C23H23N3O2S. The maximum Gasteiger partial charge on any atom is 0.291 e. The lowest BCUT2D eigenvalue weighted by atomic mass is 10.1. The van der Waals surface area contributed by atoms with E-state index < -0.39 is 0 Å². The Hall–Kier alpha value is -2.99. The predicted molar refractivity (Wildman–Crippen MR) is 118 cm³/mol. The molecule has 0 bridgehead atoms. The molecule has 0 saturated heterocycles. The molecule has 4 aromatic rings. The van der Waals surface area contributed by atoms with Crippen LogP contribution >= 0.6 is 11.3 Å². The zero-order chi connectivity index (χ0) is 20.2. The zero-order valence-electron chi connectivity index (χ0n) is 16.6. The fourth-order valence-corrected chi connectivity index (χ4v) is 3.92. The smallest absolute Gasteiger partial charge is 0.291 e. The first-order valence-corrected chi connectivity index (χ1v) is 10.7. The van der Waals surface area contributed by atoms with Crippen LogP contribution < -0.4 is 14.8 Å². The monoisotopic (exact) mass is 405 g/mol. The first-order valence-electron chi connectivity index (χ1n) is 9.85. The second kappa shape index (κ2) is 8.57. The van der Waals surface area contributed by atoms with E-state index in [2.05, 4.69) is 17.0 Å². The van der Waals surface area contributed by atoms with Gasteiger partial charge in [0.1, 0.15) is 5.75 Å². The Morgan fingerprint density at radius 3 is 2.52 bits per heavy atom. The maximum atomic E-state index is 12.7. The topological polar surface area (TPSA) is 56.5 Å². The molecule has 0 fully saturated rings. The van der Waals surface area contributed by atoms with E-state index in [0.717, 1.165) is 29.9 Å². The third-order valence-electron chi connectivity index (χ3n) is 4.69. The Bertz CT molecular complexity index is 1210. The Morgan fingerprint density at radius 2 is 1.83 bits per heavy atom. The van der Waals surface area contributed by atoms with Crippen molar-refractivity contribution in [2.75, 3.05) is 6.61 Å². The molecule has 0 aliphatic heterocycles. The molecule has 0 aliphatic carbocycles. The minimum atomic E-state index is -0.143. The van der Waals surface area contributed by atoms with Gasteiger partial charge in [0.15, 0.2) is 5.82 Å². The molecule has 0 radical (unpaired) electrons. The number of hydrogen-bond acceptors (Lipinski definition) is 5. The first-order chi connectivity index (χ1) is 14.1. The summed E-state index contributed by atoms with van der Waals surface area (Å²) < 4.78 is 7.74. The molecule has 2 aromatic heterocycles. The summed E-state index contributed by atoms with van der Waals surface area (Å²) in [5, 5.41) is 4.40.